The maximum atomic E-state index is 12.9. The minimum Gasteiger partial charge on any atom is -0.394 e. The molecule has 8 nitrogen and oxygen atoms in total. The molecule has 3 atom stereocenters. The molecule has 2 aromatic heterocycles. The van der Waals surface area contributed by atoms with Crippen LogP contribution in [0.3, 0.4) is 0 Å². The summed E-state index contributed by atoms with van der Waals surface area (Å²) in [7, 11) is -1.11. The van der Waals surface area contributed by atoms with Gasteiger partial charge in [-0.1, -0.05) is 12.0 Å². The van der Waals surface area contributed by atoms with Crippen LogP contribution in [0.4, 0.5) is 11.8 Å². The number of rotatable bonds is 5. The zero-order valence-corrected chi connectivity index (χ0v) is 19.9. The average molecular weight is 477 g/mol. The van der Waals surface area contributed by atoms with E-state index in [0.717, 1.165) is 68.0 Å². The first kappa shape index (κ1) is 21.7. The number of terminal acetylenes is 1. The van der Waals surface area contributed by atoms with Crippen LogP contribution in [-0.2, 0) is 17.2 Å². The third kappa shape index (κ3) is 3.69. The summed E-state index contributed by atoms with van der Waals surface area (Å²) in [4.78, 5) is 21.6. The van der Waals surface area contributed by atoms with Crippen molar-refractivity contribution in [2.24, 2.45) is 11.8 Å². The summed E-state index contributed by atoms with van der Waals surface area (Å²) in [6.07, 6.45) is 16.6. The van der Waals surface area contributed by atoms with Gasteiger partial charge in [0.15, 0.2) is 5.82 Å². The molecule has 2 aromatic rings. The number of aromatic nitrogens is 4. The second-order valence-electron chi connectivity index (χ2n) is 9.88. The Balaban J connectivity index is 1.26. The standard InChI is InChI=1S/C25H28N6O2S/c1-2-16-11-26-22(27-12-16)17-9-18-13-31(14-19(18)10-17)24-28-20-5-3-8-34(33)21(20)23(29-24)30-25(15-32)6-4-7-25/h1,9,11-12,18-19,32H,3-8,10,13-15H2,(H,28,29,30)/t18-,19+,34-/m1/s1. The lowest BCUT2D eigenvalue weighted by Crippen LogP contribution is -2.49. The van der Waals surface area contributed by atoms with Gasteiger partial charge >= 0.3 is 0 Å². The van der Waals surface area contributed by atoms with Gasteiger partial charge in [0, 0.05) is 31.2 Å². The second kappa shape index (κ2) is 8.43. The van der Waals surface area contributed by atoms with Crippen LogP contribution in [0.2, 0.25) is 0 Å². The first-order valence-corrected chi connectivity index (χ1v) is 13.3. The van der Waals surface area contributed by atoms with E-state index in [1.54, 1.807) is 12.4 Å². The SMILES string of the molecule is C#Cc1cnc(C2=C[C@@H]3CN(c4nc5c(c(NC6(CO)CCC6)n4)[S@](=O)CCC5)C[C@@H]3C2)nc1. The van der Waals surface area contributed by atoms with Crippen molar-refractivity contribution < 1.29 is 9.32 Å². The molecule has 34 heavy (non-hydrogen) atoms. The molecule has 2 N–H and O–H groups in total. The van der Waals surface area contributed by atoms with Crippen LogP contribution < -0.4 is 10.2 Å². The molecule has 0 aromatic carbocycles. The van der Waals surface area contributed by atoms with Crippen molar-refractivity contribution in [1.29, 1.82) is 0 Å². The molecule has 9 heteroatoms. The van der Waals surface area contributed by atoms with Gasteiger partial charge in [-0.25, -0.2) is 15.0 Å². The highest BCUT2D eigenvalue weighted by molar-refractivity contribution is 7.85. The maximum absolute atomic E-state index is 12.9. The zero-order valence-electron chi connectivity index (χ0n) is 19.0. The van der Waals surface area contributed by atoms with Crippen molar-refractivity contribution in [1.82, 2.24) is 19.9 Å². The summed E-state index contributed by atoms with van der Waals surface area (Å²) in [5, 5.41) is 13.5. The number of aliphatic hydroxyl groups is 1. The zero-order chi connectivity index (χ0) is 23.3. The van der Waals surface area contributed by atoms with Gasteiger partial charge in [-0.15, -0.1) is 6.42 Å². The fraction of sp³-hybridized carbons (Fsp3) is 0.520. The van der Waals surface area contributed by atoms with Crippen LogP contribution in [0.5, 0.6) is 0 Å². The molecule has 0 bridgehead atoms. The molecule has 4 heterocycles. The van der Waals surface area contributed by atoms with Crippen LogP contribution in [0.15, 0.2) is 23.4 Å². The first-order chi connectivity index (χ1) is 16.6. The van der Waals surface area contributed by atoms with Crippen molar-refractivity contribution in [2.75, 3.05) is 35.7 Å². The summed E-state index contributed by atoms with van der Waals surface area (Å²) in [6, 6.07) is 0. The minimum absolute atomic E-state index is 0.0551. The number of anilines is 2. The number of nitrogens with zero attached hydrogens (tertiary/aromatic N) is 5. The Morgan fingerprint density at radius 2 is 2.06 bits per heavy atom. The molecule has 0 unspecified atom stereocenters. The number of hydrogen-bond acceptors (Lipinski definition) is 8. The van der Waals surface area contributed by atoms with E-state index in [4.69, 9.17) is 16.4 Å². The van der Waals surface area contributed by atoms with Crippen molar-refractivity contribution in [3.63, 3.8) is 0 Å². The van der Waals surface area contributed by atoms with Crippen molar-refractivity contribution in [2.45, 2.75) is 49.0 Å². The number of hydrogen-bond donors (Lipinski definition) is 2. The van der Waals surface area contributed by atoms with Gasteiger partial charge in [0.1, 0.15) is 10.7 Å². The largest absolute Gasteiger partial charge is 0.394 e. The Kier molecular flexibility index (Phi) is 5.38. The normalized spacial score (nSPS) is 26.8. The molecular weight excluding hydrogens is 448 g/mol. The highest BCUT2D eigenvalue weighted by Gasteiger charge is 2.41. The van der Waals surface area contributed by atoms with Gasteiger partial charge < -0.3 is 15.3 Å². The average Bonchev–Trinajstić information content (AvgIpc) is 3.41. The molecule has 0 amide bonds. The summed E-state index contributed by atoms with van der Waals surface area (Å²) in [6.45, 7) is 1.75. The Morgan fingerprint density at radius 3 is 2.74 bits per heavy atom. The van der Waals surface area contributed by atoms with Crippen LogP contribution >= 0.6 is 0 Å². The predicted molar refractivity (Wildman–Crippen MR) is 131 cm³/mol. The molecule has 1 saturated carbocycles. The smallest absolute Gasteiger partial charge is 0.227 e. The molecule has 2 aliphatic heterocycles. The fourth-order valence-corrected chi connectivity index (χ4v) is 6.91. The second-order valence-corrected chi connectivity index (χ2v) is 11.4. The van der Waals surface area contributed by atoms with Crippen LogP contribution in [-0.4, -0.2) is 60.2 Å². The Morgan fingerprint density at radius 1 is 1.24 bits per heavy atom. The molecular formula is C25H28N6O2S. The highest BCUT2D eigenvalue weighted by Crippen LogP contribution is 2.42. The lowest BCUT2D eigenvalue weighted by atomic mass is 9.77. The van der Waals surface area contributed by atoms with E-state index in [0.29, 0.717) is 34.9 Å². The number of aryl methyl sites for hydroxylation is 1. The van der Waals surface area contributed by atoms with Gasteiger partial charge in [-0.05, 0) is 55.9 Å². The Labute approximate surface area is 201 Å². The topological polar surface area (TPSA) is 104 Å². The molecule has 6 rings (SSSR count). The Hall–Kier alpha value is -2.83. The quantitative estimate of drug-likeness (QED) is 0.633. The molecule has 1 saturated heterocycles. The molecule has 0 radical (unpaired) electrons. The third-order valence-corrected chi connectivity index (χ3v) is 9.21. The van der Waals surface area contributed by atoms with E-state index >= 15 is 0 Å². The summed E-state index contributed by atoms with van der Waals surface area (Å²) < 4.78 is 12.9. The van der Waals surface area contributed by atoms with Gasteiger partial charge in [-0.2, -0.15) is 4.98 Å². The number of nitrogens with one attached hydrogen (secondary N) is 1. The lowest BCUT2D eigenvalue weighted by molar-refractivity contribution is 0.143. The van der Waals surface area contributed by atoms with Crippen LogP contribution in [0, 0.1) is 24.2 Å². The summed E-state index contributed by atoms with van der Waals surface area (Å²) in [5.74, 6) is 6.17. The van der Waals surface area contributed by atoms with Crippen LogP contribution in [0.25, 0.3) is 5.57 Å². The van der Waals surface area contributed by atoms with E-state index < -0.39 is 10.8 Å². The fourth-order valence-electron chi connectivity index (χ4n) is 5.58. The Bertz CT molecular complexity index is 1210. The van der Waals surface area contributed by atoms with E-state index in [2.05, 4.69) is 32.2 Å². The lowest BCUT2D eigenvalue weighted by Gasteiger charge is -2.42. The van der Waals surface area contributed by atoms with Gasteiger partial charge in [0.25, 0.3) is 0 Å². The van der Waals surface area contributed by atoms with Crippen LogP contribution in [0.1, 0.15) is 49.2 Å². The van der Waals surface area contributed by atoms with E-state index in [1.807, 2.05) is 0 Å². The molecule has 0 spiro atoms. The van der Waals surface area contributed by atoms with Crippen molar-refractivity contribution in [3.8, 4) is 12.3 Å². The highest BCUT2D eigenvalue weighted by atomic mass is 32.2. The van der Waals surface area contributed by atoms with E-state index in [9.17, 15) is 9.32 Å². The molecule has 2 fully saturated rings. The monoisotopic (exact) mass is 476 g/mol. The van der Waals surface area contributed by atoms with Crippen molar-refractivity contribution >= 4 is 28.1 Å². The van der Waals surface area contributed by atoms with E-state index in [-0.39, 0.29) is 12.1 Å². The van der Waals surface area contributed by atoms with Gasteiger partial charge in [-0.3, -0.25) is 4.21 Å². The van der Waals surface area contributed by atoms with Gasteiger partial charge in [0.2, 0.25) is 5.95 Å². The number of fused-ring (bicyclic) bond motifs is 2. The number of aliphatic hydroxyl groups excluding tert-OH is 1. The van der Waals surface area contributed by atoms with E-state index in [1.165, 1.54) is 5.57 Å². The maximum Gasteiger partial charge on any atom is 0.227 e. The predicted octanol–water partition coefficient (Wildman–Crippen LogP) is 2.17. The summed E-state index contributed by atoms with van der Waals surface area (Å²) >= 11 is 0. The minimum atomic E-state index is -1.11. The number of allylic oxidation sites excluding steroid dienone is 1. The molecule has 4 aliphatic rings. The first-order valence-electron chi connectivity index (χ1n) is 12.0. The van der Waals surface area contributed by atoms with Gasteiger partial charge in [0.05, 0.1) is 34.2 Å². The molecule has 176 valence electrons. The molecule has 2 aliphatic carbocycles. The third-order valence-electron chi connectivity index (χ3n) is 7.67. The van der Waals surface area contributed by atoms with Crippen molar-refractivity contribution in [3.05, 3.63) is 35.6 Å². The summed E-state index contributed by atoms with van der Waals surface area (Å²) in [5.41, 5.74) is 2.40.